The Morgan fingerprint density at radius 1 is 1.03 bits per heavy atom. The molecule has 4 aromatic rings. The lowest BCUT2D eigenvalue weighted by atomic mass is 10.1. The molecule has 0 aliphatic rings. The van der Waals surface area contributed by atoms with Crippen LogP contribution in [0.25, 0.3) is 16.9 Å². The molecule has 0 fully saturated rings. The standard InChI is InChI=1S/C26H22Cl2N4O5/c1-36-20-9-10-21(25(14-20)37-2)23-15-24(31(30-23)18-5-7-19(8-6-18)32(34)35)26(33)29-12-11-16-3-4-17(27)13-22(16)28/h3-10,13-15H,11-12H2,1-2H3,(H,29,33). The van der Waals surface area contributed by atoms with Crippen LogP contribution in [0.3, 0.4) is 0 Å². The van der Waals surface area contributed by atoms with E-state index in [2.05, 4.69) is 10.4 Å². The normalized spacial score (nSPS) is 10.7. The van der Waals surface area contributed by atoms with E-state index in [0.29, 0.717) is 51.5 Å². The van der Waals surface area contributed by atoms with E-state index in [4.69, 9.17) is 32.7 Å². The van der Waals surface area contributed by atoms with Crippen LogP contribution in [0.4, 0.5) is 5.69 Å². The topological polar surface area (TPSA) is 109 Å². The number of nitro groups is 1. The second kappa shape index (κ2) is 11.3. The Hall–Kier alpha value is -4.08. The fourth-order valence-electron chi connectivity index (χ4n) is 3.72. The molecular formula is C26H22Cl2N4O5. The van der Waals surface area contributed by atoms with Gasteiger partial charge < -0.3 is 14.8 Å². The zero-order valence-corrected chi connectivity index (χ0v) is 21.4. The molecule has 4 rings (SSSR count). The summed E-state index contributed by atoms with van der Waals surface area (Å²) in [5.41, 5.74) is 2.62. The first kappa shape index (κ1) is 26.0. The Bertz CT molecular complexity index is 1450. The Morgan fingerprint density at radius 2 is 1.78 bits per heavy atom. The number of hydrogen-bond acceptors (Lipinski definition) is 6. The molecule has 3 aromatic carbocycles. The minimum Gasteiger partial charge on any atom is -0.497 e. The van der Waals surface area contributed by atoms with Crippen LogP contribution in [-0.4, -0.2) is 41.4 Å². The Kier molecular flexibility index (Phi) is 7.95. The Balaban J connectivity index is 1.67. The maximum absolute atomic E-state index is 13.3. The molecule has 1 amide bonds. The summed E-state index contributed by atoms with van der Waals surface area (Å²) in [7, 11) is 3.08. The highest BCUT2D eigenvalue weighted by molar-refractivity contribution is 6.35. The predicted octanol–water partition coefficient (Wildman–Crippen LogP) is 5.74. The number of rotatable bonds is 9. The van der Waals surface area contributed by atoms with Crippen molar-refractivity contribution in [3.05, 3.63) is 98.1 Å². The van der Waals surface area contributed by atoms with Crippen molar-refractivity contribution in [1.29, 1.82) is 0 Å². The number of nitrogens with one attached hydrogen (secondary N) is 1. The van der Waals surface area contributed by atoms with Crippen LogP contribution in [0, 0.1) is 10.1 Å². The molecule has 0 bridgehead atoms. The van der Waals surface area contributed by atoms with Gasteiger partial charge in [-0.1, -0.05) is 29.3 Å². The fraction of sp³-hybridized carbons (Fsp3) is 0.154. The van der Waals surface area contributed by atoms with Crippen molar-refractivity contribution in [3.63, 3.8) is 0 Å². The van der Waals surface area contributed by atoms with Crippen LogP contribution in [0.15, 0.2) is 66.7 Å². The van der Waals surface area contributed by atoms with E-state index in [1.165, 1.54) is 36.1 Å². The van der Waals surface area contributed by atoms with Gasteiger partial charge in [-0.25, -0.2) is 4.68 Å². The van der Waals surface area contributed by atoms with E-state index in [9.17, 15) is 14.9 Å². The van der Waals surface area contributed by atoms with Crippen molar-refractivity contribution in [1.82, 2.24) is 15.1 Å². The summed E-state index contributed by atoms with van der Waals surface area (Å²) >= 11 is 12.2. The highest BCUT2D eigenvalue weighted by atomic mass is 35.5. The summed E-state index contributed by atoms with van der Waals surface area (Å²) in [5.74, 6) is 0.737. The number of carbonyl (C=O) groups is 1. The summed E-state index contributed by atoms with van der Waals surface area (Å²) in [5, 5.41) is 19.7. The fourth-order valence-corrected chi connectivity index (χ4v) is 4.23. The SMILES string of the molecule is COc1ccc(-c2cc(C(=O)NCCc3ccc(Cl)cc3Cl)n(-c3ccc([N+](=O)[O-])cc3)n2)c(OC)c1. The maximum atomic E-state index is 13.3. The number of nitro benzene ring substituents is 1. The summed E-state index contributed by atoms with van der Waals surface area (Å²) in [6, 6.07) is 17.9. The van der Waals surface area contributed by atoms with Crippen molar-refractivity contribution in [3.8, 4) is 28.4 Å². The van der Waals surface area contributed by atoms with E-state index >= 15 is 0 Å². The van der Waals surface area contributed by atoms with E-state index in [1.54, 1.807) is 43.5 Å². The van der Waals surface area contributed by atoms with Crippen LogP contribution in [-0.2, 0) is 6.42 Å². The van der Waals surface area contributed by atoms with Gasteiger partial charge in [0.15, 0.2) is 0 Å². The van der Waals surface area contributed by atoms with Gasteiger partial charge in [-0.05, 0) is 54.4 Å². The van der Waals surface area contributed by atoms with Gasteiger partial charge in [-0.15, -0.1) is 0 Å². The zero-order chi connectivity index (χ0) is 26.5. The molecule has 0 atom stereocenters. The molecule has 1 aromatic heterocycles. The Morgan fingerprint density at radius 3 is 2.43 bits per heavy atom. The highest BCUT2D eigenvalue weighted by Gasteiger charge is 2.20. The van der Waals surface area contributed by atoms with E-state index in [-0.39, 0.29) is 17.3 Å². The number of carbonyl (C=O) groups excluding carboxylic acids is 1. The number of aromatic nitrogens is 2. The quantitative estimate of drug-likeness (QED) is 0.214. The van der Waals surface area contributed by atoms with Gasteiger partial charge in [0, 0.05) is 40.4 Å². The molecule has 0 aliphatic carbocycles. The smallest absolute Gasteiger partial charge is 0.270 e. The first-order chi connectivity index (χ1) is 17.8. The van der Waals surface area contributed by atoms with Gasteiger partial charge in [0.25, 0.3) is 11.6 Å². The molecular weight excluding hydrogens is 519 g/mol. The second-order valence-corrected chi connectivity index (χ2v) is 8.75. The molecule has 37 heavy (non-hydrogen) atoms. The van der Waals surface area contributed by atoms with Crippen molar-refractivity contribution in [2.24, 2.45) is 0 Å². The number of benzene rings is 3. The predicted molar refractivity (Wildman–Crippen MR) is 141 cm³/mol. The first-order valence-electron chi connectivity index (χ1n) is 11.1. The minimum atomic E-state index is -0.490. The number of hydrogen-bond donors (Lipinski definition) is 1. The molecule has 0 unspecified atom stereocenters. The minimum absolute atomic E-state index is 0.0706. The molecule has 11 heteroatoms. The molecule has 0 saturated carbocycles. The first-order valence-corrected chi connectivity index (χ1v) is 11.9. The number of ether oxygens (including phenoxy) is 2. The molecule has 0 aliphatic heterocycles. The molecule has 0 radical (unpaired) electrons. The van der Waals surface area contributed by atoms with E-state index in [0.717, 1.165) is 5.56 Å². The average molecular weight is 541 g/mol. The lowest BCUT2D eigenvalue weighted by Gasteiger charge is -2.09. The lowest BCUT2D eigenvalue weighted by molar-refractivity contribution is -0.384. The van der Waals surface area contributed by atoms with Gasteiger partial charge >= 0.3 is 0 Å². The zero-order valence-electron chi connectivity index (χ0n) is 19.9. The summed E-state index contributed by atoms with van der Waals surface area (Å²) < 4.78 is 12.2. The van der Waals surface area contributed by atoms with Gasteiger partial charge in [0.1, 0.15) is 17.2 Å². The number of amides is 1. The van der Waals surface area contributed by atoms with Crippen LogP contribution in [0.1, 0.15) is 16.1 Å². The van der Waals surface area contributed by atoms with Crippen LogP contribution >= 0.6 is 23.2 Å². The number of methoxy groups -OCH3 is 2. The average Bonchev–Trinajstić information content (AvgIpc) is 3.35. The monoisotopic (exact) mass is 540 g/mol. The van der Waals surface area contributed by atoms with Crippen molar-refractivity contribution < 1.29 is 19.2 Å². The second-order valence-electron chi connectivity index (χ2n) is 7.91. The third-order valence-corrected chi connectivity index (χ3v) is 6.21. The summed E-state index contributed by atoms with van der Waals surface area (Å²) in [4.78, 5) is 23.9. The molecule has 190 valence electrons. The number of nitrogens with zero attached hydrogens (tertiary/aromatic N) is 3. The van der Waals surface area contributed by atoms with Gasteiger partial charge in [0.05, 0.1) is 30.5 Å². The van der Waals surface area contributed by atoms with E-state index < -0.39 is 4.92 Å². The van der Waals surface area contributed by atoms with Gasteiger partial charge in [0.2, 0.25) is 0 Å². The third-order valence-electron chi connectivity index (χ3n) is 5.63. The summed E-state index contributed by atoms with van der Waals surface area (Å²) in [6.07, 6.45) is 0.493. The number of non-ortho nitro benzene ring substituents is 1. The molecule has 9 nitrogen and oxygen atoms in total. The third kappa shape index (κ3) is 5.84. The largest absolute Gasteiger partial charge is 0.497 e. The highest BCUT2D eigenvalue weighted by Crippen LogP contribution is 2.33. The van der Waals surface area contributed by atoms with Crippen molar-refractivity contribution >= 4 is 34.8 Å². The number of halogens is 2. The molecule has 1 N–H and O–H groups in total. The summed E-state index contributed by atoms with van der Waals surface area (Å²) in [6.45, 7) is 0.312. The maximum Gasteiger partial charge on any atom is 0.270 e. The molecule has 0 saturated heterocycles. The van der Waals surface area contributed by atoms with Crippen LogP contribution < -0.4 is 14.8 Å². The van der Waals surface area contributed by atoms with Crippen molar-refractivity contribution in [2.75, 3.05) is 20.8 Å². The lowest BCUT2D eigenvalue weighted by Crippen LogP contribution is -2.27. The molecule has 0 spiro atoms. The molecule has 1 heterocycles. The van der Waals surface area contributed by atoms with Gasteiger partial charge in [-0.3, -0.25) is 14.9 Å². The van der Waals surface area contributed by atoms with Crippen LogP contribution in [0.2, 0.25) is 10.0 Å². The van der Waals surface area contributed by atoms with E-state index in [1.807, 2.05) is 6.07 Å². The van der Waals surface area contributed by atoms with Crippen molar-refractivity contribution in [2.45, 2.75) is 6.42 Å². The van der Waals surface area contributed by atoms with Gasteiger partial charge in [-0.2, -0.15) is 5.10 Å². The van der Waals surface area contributed by atoms with Crippen LogP contribution in [0.5, 0.6) is 11.5 Å². The Labute approximate surface area is 222 Å².